The van der Waals surface area contributed by atoms with Crippen molar-refractivity contribution in [2.24, 2.45) is 5.73 Å². The zero-order valence-corrected chi connectivity index (χ0v) is 5.94. The molecule has 0 heterocycles. The molecule has 2 nitrogen and oxygen atoms in total. The Balaban J connectivity index is 3.10. The summed E-state index contributed by atoms with van der Waals surface area (Å²) in [5.41, 5.74) is 5.14. The Bertz CT molecular complexity index is 58.4. The van der Waals surface area contributed by atoms with Crippen LogP contribution < -0.4 is 5.73 Å². The minimum Gasteiger partial charge on any atom is -0.392 e. The smallest absolute Gasteiger partial charge is 0.0672 e. The third-order valence-corrected chi connectivity index (χ3v) is 1.10. The maximum atomic E-state index is 8.85. The van der Waals surface area contributed by atoms with E-state index in [1.165, 1.54) is 0 Å². The van der Waals surface area contributed by atoms with Crippen LogP contribution in [0.25, 0.3) is 0 Å². The van der Waals surface area contributed by atoms with Gasteiger partial charge in [0.25, 0.3) is 0 Å². The average Bonchev–Trinajstić information content (AvgIpc) is 1.65. The van der Waals surface area contributed by atoms with Crippen molar-refractivity contribution in [1.82, 2.24) is 0 Å². The lowest BCUT2D eigenvalue weighted by molar-refractivity contribution is 0.173. The Morgan fingerprint density at radius 1 is 1.75 bits per heavy atom. The van der Waals surface area contributed by atoms with Gasteiger partial charge in [0, 0.05) is 11.8 Å². The summed E-state index contributed by atoms with van der Waals surface area (Å²) in [4.78, 5) is 0. The van der Waals surface area contributed by atoms with Crippen molar-refractivity contribution < 1.29 is 5.11 Å². The highest BCUT2D eigenvalue weighted by atomic mass is 32.1. The summed E-state index contributed by atoms with van der Waals surface area (Å²) in [5.74, 6) is 0. The van der Waals surface area contributed by atoms with Crippen LogP contribution in [0.1, 0.15) is 13.3 Å². The van der Waals surface area contributed by atoms with Gasteiger partial charge in [0.2, 0.25) is 0 Å². The zero-order valence-electron chi connectivity index (χ0n) is 5.04. The Morgan fingerprint density at radius 3 is 2.38 bits per heavy atom. The van der Waals surface area contributed by atoms with E-state index >= 15 is 0 Å². The summed E-state index contributed by atoms with van der Waals surface area (Å²) in [7, 11) is 0. The molecule has 0 saturated carbocycles. The Morgan fingerprint density at radius 2 is 2.25 bits per heavy atom. The van der Waals surface area contributed by atoms with Crippen LogP contribution in [0, 0.1) is 0 Å². The summed E-state index contributed by atoms with van der Waals surface area (Å²) in [6.45, 7) is 2.27. The minimum absolute atomic E-state index is 0.244. The van der Waals surface area contributed by atoms with Gasteiger partial charge in [-0.05, 0) is 6.42 Å². The lowest BCUT2D eigenvalue weighted by Gasteiger charge is -2.08. The predicted octanol–water partition coefficient (Wildman–Crippen LogP) is 0.0144. The first-order chi connectivity index (χ1) is 3.66. The van der Waals surface area contributed by atoms with E-state index in [0.29, 0.717) is 13.0 Å². The van der Waals surface area contributed by atoms with E-state index in [4.69, 9.17) is 10.8 Å². The van der Waals surface area contributed by atoms with E-state index < -0.39 is 0 Å². The average molecular weight is 135 g/mol. The molecule has 2 unspecified atom stereocenters. The summed E-state index contributed by atoms with van der Waals surface area (Å²) < 4.78 is 0. The highest BCUT2D eigenvalue weighted by Crippen LogP contribution is 2.01. The van der Waals surface area contributed by atoms with Crippen molar-refractivity contribution in [2.45, 2.75) is 24.7 Å². The van der Waals surface area contributed by atoms with Gasteiger partial charge in [0.05, 0.1) is 6.10 Å². The van der Waals surface area contributed by atoms with E-state index in [2.05, 4.69) is 12.6 Å². The minimum atomic E-state index is -0.373. The summed E-state index contributed by atoms with van der Waals surface area (Å²) in [5, 5.41) is 9.10. The molecule has 0 amide bonds. The molecule has 2 atom stereocenters. The first-order valence-electron chi connectivity index (χ1n) is 2.73. The van der Waals surface area contributed by atoms with Gasteiger partial charge in [-0.1, -0.05) is 6.92 Å². The van der Waals surface area contributed by atoms with E-state index in [0.717, 1.165) is 0 Å². The van der Waals surface area contributed by atoms with Crippen LogP contribution in [-0.4, -0.2) is 23.0 Å². The van der Waals surface area contributed by atoms with Gasteiger partial charge in [-0.15, -0.1) is 0 Å². The zero-order chi connectivity index (χ0) is 6.57. The second-order valence-corrected chi connectivity index (χ2v) is 2.86. The first kappa shape index (κ1) is 8.27. The topological polar surface area (TPSA) is 46.2 Å². The molecule has 0 rings (SSSR count). The molecule has 0 bridgehead atoms. The van der Waals surface area contributed by atoms with Crippen molar-refractivity contribution in [3.05, 3.63) is 0 Å². The second-order valence-electron chi connectivity index (χ2n) is 1.97. The van der Waals surface area contributed by atoms with Crippen LogP contribution in [-0.2, 0) is 0 Å². The van der Waals surface area contributed by atoms with Gasteiger partial charge in [0.1, 0.15) is 0 Å². The van der Waals surface area contributed by atoms with Crippen LogP contribution in [0.5, 0.6) is 0 Å². The molecule has 3 N–H and O–H groups in total. The fourth-order valence-electron chi connectivity index (χ4n) is 0.490. The molecule has 0 spiro atoms. The molecular weight excluding hydrogens is 122 g/mol. The van der Waals surface area contributed by atoms with Crippen molar-refractivity contribution in [3.63, 3.8) is 0 Å². The highest BCUT2D eigenvalue weighted by molar-refractivity contribution is 7.80. The van der Waals surface area contributed by atoms with Crippen molar-refractivity contribution in [1.29, 1.82) is 0 Å². The lowest BCUT2D eigenvalue weighted by atomic mass is 10.2. The van der Waals surface area contributed by atoms with Gasteiger partial charge in [-0.2, -0.15) is 12.6 Å². The Hall–Kier alpha value is 0.270. The number of nitrogens with two attached hydrogens (primary N) is 1. The first-order valence-corrected chi connectivity index (χ1v) is 3.24. The number of hydrogen-bond acceptors (Lipinski definition) is 3. The van der Waals surface area contributed by atoms with Crippen LogP contribution >= 0.6 is 12.6 Å². The summed E-state index contributed by atoms with van der Waals surface area (Å²) in [6.07, 6.45) is 0.307. The molecule has 0 radical (unpaired) electrons. The Kier molecular flexibility index (Phi) is 4.32. The van der Waals surface area contributed by atoms with Crippen molar-refractivity contribution in [2.75, 3.05) is 6.54 Å². The SMILES string of the molecule is CC(S)CC(O)CN. The highest BCUT2D eigenvalue weighted by Gasteiger charge is 2.02. The van der Waals surface area contributed by atoms with E-state index in [-0.39, 0.29) is 11.4 Å². The molecule has 8 heavy (non-hydrogen) atoms. The lowest BCUT2D eigenvalue weighted by Crippen LogP contribution is -2.22. The van der Waals surface area contributed by atoms with Gasteiger partial charge in [-0.3, -0.25) is 0 Å². The van der Waals surface area contributed by atoms with E-state index in [1.54, 1.807) is 0 Å². The maximum Gasteiger partial charge on any atom is 0.0672 e. The summed E-state index contributed by atoms with van der Waals surface area (Å²) in [6, 6.07) is 0. The number of rotatable bonds is 3. The van der Waals surface area contributed by atoms with Gasteiger partial charge >= 0.3 is 0 Å². The quantitative estimate of drug-likeness (QED) is 0.478. The number of hydrogen-bond donors (Lipinski definition) is 3. The van der Waals surface area contributed by atoms with Gasteiger partial charge in [-0.25, -0.2) is 0 Å². The second kappa shape index (κ2) is 4.18. The van der Waals surface area contributed by atoms with E-state index in [9.17, 15) is 0 Å². The Labute approximate surface area is 55.5 Å². The number of aliphatic hydroxyl groups excluding tert-OH is 1. The normalized spacial score (nSPS) is 18.0. The van der Waals surface area contributed by atoms with Gasteiger partial charge in [0.15, 0.2) is 0 Å². The maximum absolute atomic E-state index is 8.85. The largest absolute Gasteiger partial charge is 0.392 e. The van der Waals surface area contributed by atoms with Crippen molar-refractivity contribution >= 4 is 12.6 Å². The number of thiol groups is 1. The molecule has 50 valence electrons. The standard InChI is InChI=1S/C5H13NOS/c1-4(8)2-5(7)3-6/h4-5,7-8H,2-3,6H2,1H3. The molecule has 0 aliphatic heterocycles. The fourth-order valence-corrected chi connectivity index (χ4v) is 0.733. The van der Waals surface area contributed by atoms with Crippen LogP contribution in [0.3, 0.4) is 0 Å². The molecule has 0 aliphatic rings. The molecular formula is C5H13NOS. The van der Waals surface area contributed by atoms with Crippen LogP contribution in [0.4, 0.5) is 0 Å². The van der Waals surface area contributed by atoms with Crippen LogP contribution in [0.15, 0.2) is 0 Å². The van der Waals surface area contributed by atoms with Crippen molar-refractivity contribution in [3.8, 4) is 0 Å². The molecule has 0 saturated heterocycles. The molecule has 0 aromatic rings. The monoisotopic (exact) mass is 135 g/mol. The molecule has 3 heteroatoms. The molecule has 0 fully saturated rings. The number of aliphatic hydroxyl groups is 1. The third-order valence-electron chi connectivity index (χ3n) is 0.885. The van der Waals surface area contributed by atoms with Crippen LogP contribution in [0.2, 0.25) is 0 Å². The molecule has 0 aliphatic carbocycles. The summed E-state index contributed by atoms with van der Waals surface area (Å²) >= 11 is 4.08. The molecule has 0 aromatic heterocycles. The predicted molar refractivity (Wildman–Crippen MR) is 38.1 cm³/mol. The third kappa shape index (κ3) is 4.43. The molecule has 0 aromatic carbocycles. The van der Waals surface area contributed by atoms with E-state index in [1.807, 2.05) is 6.92 Å². The van der Waals surface area contributed by atoms with Gasteiger partial charge < -0.3 is 10.8 Å². The fraction of sp³-hybridized carbons (Fsp3) is 1.00.